The number of nitrogens with zero attached hydrogens (tertiary/aromatic N) is 2. The summed E-state index contributed by atoms with van der Waals surface area (Å²) < 4.78 is 28.0. The maximum absolute atomic E-state index is 13.3. The van der Waals surface area contributed by atoms with Crippen LogP contribution in [0.2, 0.25) is 0 Å². The number of aromatic amines is 1. The second kappa shape index (κ2) is 11.6. The summed E-state index contributed by atoms with van der Waals surface area (Å²) in [5.74, 6) is -0.395. The highest BCUT2D eigenvalue weighted by molar-refractivity contribution is 7.89. The van der Waals surface area contributed by atoms with Crippen molar-refractivity contribution in [3.63, 3.8) is 0 Å². The van der Waals surface area contributed by atoms with Crippen molar-refractivity contribution in [2.45, 2.75) is 57.5 Å². The number of amides is 1. The number of sulfonamides is 1. The van der Waals surface area contributed by atoms with Crippen molar-refractivity contribution in [3.05, 3.63) is 75.6 Å². The maximum Gasteiger partial charge on any atom is 0.252 e. The molecule has 0 saturated heterocycles. The number of H-pyrrole nitrogens is 1. The molecule has 2 aromatic carbocycles. The van der Waals surface area contributed by atoms with Crippen molar-refractivity contribution < 1.29 is 13.2 Å². The van der Waals surface area contributed by atoms with Crippen molar-refractivity contribution in [2.24, 2.45) is 0 Å². The monoisotopic (exact) mass is 524 g/mol. The molecule has 9 heteroatoms. The molecule has 0 saturated carbocycles. The van der Waals surface area contributed by atoms with Gasteiger partial charge >= 0.3 is 0 Å². The molecule has 2 heterocycles. The van der Waals surface area contributed by atoms with E-state index < -0.39 is 21.5 Å². The smallest absolute Gasteiger partial charge is 0.252 e. The van der Waals surface area contributed by atoms with Gasteiger partial charge in [-0.05, 0) is 49.1 Å². The molecule has 1 amide bonds. The maximum atomic E-state index is 13.3. The Morgan fingerprint density at radius 1 is 1.14 bits per heavy atom. The van der Waals surface area contributed by atoms with E-state index in [9.17, 15) is 18.0 Å². The molecule has 2 N–H and O–H groups in total. The highest BCUT2D eigenvalue weighted by Crippen LogP contribution is 2.24. The molecule has 1 aliphatic heterocycles. The number of carbonyl (C=O) groups excluding carboxylic acids is 1. The number of nitrogens with one attached hydrogen (secondary N) is 2. The zero-order valence-corrected chi connectivity index (χ0v) is 22.6. The minimum atomic E-state index is -3.73. The van der Waals surface area contributed by atoms with Gasteiger partial charge in [0.05, 0.1) is 10.5 Å². The molecule has 0 radical (unpaired) electrons. The summed E-state index contributed by atoms with van der Waals surface area (Å²) in [6.07, 6.45) is 2.62. The number of carbonyl (C=O) groups is 1. The van der Waals surface area contributed by atoms with Crippen LogP contribution in [-0.4, -0.2) is 60.7 Å². The molecule has 37 heavy (non-hydrogen) atoms. The zero-order chi connectivity index (χ0) is 26.6. The first-order valence-corrected chi connectivity index (χ1v) is 14.4. The molecule has 3 aromatic rings. The minimum Gasteiger partial charge on any atom is -0.350 e. The second-order valence-electron chi connectivity index (χ2n) is 9.65. The van der Waals surface area contributed by atoms with Crippen LogP contribution in [0.15, 0.2) is 58.2 Å². The van der Waals surface area contributed by atoms with Gasteiger partial charge < -0.3 is 10.3 Å². The van der Waals surface area contributed by atoms with Crippen molar-refractivity contribution in [3.8, 4) is 0 Å². The predicted octanol–water partition coefficient (Wildman–Crippen LogP) is 3.52. The van der Waals surface area contributed by atoms with Crippen LogP contribution in [0, 0.1) is 0 Å². The summed E-state index contributed by atoms with van der Waals surface area (Å²) >= 11 is 0. The number of pyridine rings is 1. The summed E-state index contributed by atoms with van der Waals surface area (Å²) in [5.41, 5.74) is 2.86. The Bertz CT molecular complexity index is 1430. The lowest BCUT2D eigenvalue weighted by molar-refractivity contribution is 0.0934. The first-order chi connectivity index (χ1) is 17.7. The Labute approximate surface area is 218 Å². The molecule has 0 spiro atoms. The number of aromatic nitrogens is 1. The Kier molecular flexibility index (Phi) is 8.46. The van der Waals surface area contributed by atoms with E-state index in [1.165, 1.54) is 33.6 Å². The summed E-state index contributed by atoms with van der Waals surface area (Å²) in [6.45, 7) is 8.85. The third kappa shape index (κ3) is 5.95. The molecule has 1 aromatic heterocycles. The standard InChI is InChI=1S/C28H36N4O4S/c1-4-6-14-32(5-2)37(35,36)23-11-12-26-24(16-23)25(17-27(33)30-26)28(34)29-18-20(3)31-15-13-21-9-7-8-10-22(21)19-31/h7-12,16-17,20H,4-6,13-15,18-19H2,1-3H3,(H,29,34)(H,30,33). The summed E-state index contributed by atoms with van der Waals surface area (Å²) in [4.78, 5) is 30.7. The molecule has 1 aliphatic rings. The summed E-state index contributed by atoms with van der Waals surface area (Å²) in [7, 11) is -3.73. The Morgan fingerprint density at radius 3 is 2.62 bits per heavy atom. The Morgan fingerprint density at radius 2 is 1.89 bits per heavy atom. The molecule has 0 bridgehead atoms. The highest BCUT2D eigenvalue weighted by Gasteiger charge is 2.25. The van der Waals surface area contributed by atoms with Crippen molar-refractivity contribution in [2.75, 3.05) is 26.2 Å². The molecule has 0 fully saturated rings. The predicted molar refractivity (Wildman–Crippen MR) is 146 cm³/mol. The number of fused-ring (bicyclic) bond motifs is 2. The third-order valence-corrected chi connectivity index (χ3v) is 9.12. The van der Waals surface area contributed by atoms with E-state index in [2.05, 4.69) is 40.3 Å². The van der Waals surface area contributed by atoms with Gasteiger partial charge in [-0.15, -0.1) is 0 Å². The fourth-order valence-electron chi connectivity index (χ4n) is 4.87. The van der Waals surface area contributed by atoms with Gasteiger partial charge in [-0.1, -0.05) is 44.5 Å². The minimum absolute atomic E-state index is 0.0955. The number of rotatable bonds is 10. The van der Waals surface area contributed by atoms with Crippen LogP contribution in [0.5, 0.6) is 0 Å². The normalized spacial score (nSPS) is 15.0. The first-order valence-electron chi connectivity index (χ1n) is 13.0. The van der Waals surface area contributed by atoms with Gasteiger partial charge in [0.2, 0.25) is 15.6 Å². The molecule has 4 rings (SSSR count). The van der Waals surface area contributed by atoms with Gasteiger partial charge in [-0.2, -0.15) is 4.31 Å². The van der Waals surface area contributed by atoms with Crippen molar-refractivity contribution in [1.29, 1.82) is 0 Å². The largest absolute Gasteiger partial charge is 0.350 e. The molecular formula is C28H36N4O4S. The van der Waals surface area contributed by atoms with E-state index in [1.54, 1.807) is 6.07 Å². The number of hydrogen-bond donors (Lipinski definition) is 2. The van der Waals surface area contributed by atoms with Crippen LogP contribution in [0.1, 0.15) is 55.1 Å². The summed E-state index contributed by atoms with van der Waals surface area (Å²) in [5, 5.41) is 3.37. The van der Waals surface area contributed by atoms with Gasteiger partial charge in [0.15, 0.2) is 0 Å². The van der Waals surface area contributed by atoms with Gasteiger partial charge in [0.1, 0.15) is 0 Å². The fourth-order valence-corrected chi connectivity index (χ4v) is 6.39. The lowest BCUT2D eigenvalue weighted by Crippen LogP contribution is -2.44. The summed E-state index contributed by atoms with van der Waals surface area (Å²) in [6, 6.07) is 14.3. The van der Waals surface area contributed by atoms with E-state index in [0.717, 1.165) is 32.4 Å². The quantitative estimate of drug-likeness (QED) is 0.423. The van der Waals surface area contributed by atoms with Gasteiger partial charge in [0.25, 0.3) is 5.91 Å². The van der Waals surface area contributed by atoms with E-state index in [1.807, 2.05) is 19.9 Å². The van der Waals surface area contributed by atoms with Crippen LogP contribution in [0.25, 0.3) is 10.9 Å². The third-order valence-electron chi connectivity index (χ3n) is 7.15. The van der Waals surface area contributed by atoms with Gasteiger partial charge in [-0.25, -0.2) is 8.42 Å². The topological polar surface area (TPSA) is 103 Å². The van der Waals surface area contributed by atoms with E-state index >= 15 is 0 Å². The average Bonchev–Trinajstić information content (AvgIpc) is 2.90. The molecule has 8 nitrogen and oxygen atoms in total. The molecule has 1 unspecified atom stereocenters. The van der Waals surface area contributed by atoms with E-state index in [-0.39, 0.29) is 16.5 Å². The SMILES string of the molecule is CCCCN(CC)S(=O)(=O)c1ccc2[nH]c(=O)cc(C(=O)NCC(C)N3CCc4ccccc4C3)c2c1. The van der Waals surface area contributed by atoms with Crippen LogP contribution < -0.4 is 10.9 Å². The van der Waals surface area contributed by atoms with Crippen molar-refractivity contribution >= 4 is 26.8 Å². The number of hydrogen-bond acceptors (Lipinski definition) is 5. The second-order valence-corrected chi connectivity index (χ2v) is 11.6. The molecular weight excluding hydrogens is 488 g/mol. The molecule has 1 atom stereocenters. The van der Waals surface area contributed by atoms with Crippen LogP contribution in [-0.2, 0) is 23.0 Å². The number of unbranched alkanes of at least 4 members (excludes halogenated alkanes) is 1. The lowest BCUT2D eigenvalue weighted by atomic mass is 9.99. The first kappa shape index (κ1) is 27.0. The molecule has 0 aliphatic carbocycles. The Hall–Kier alpha value is -3.01. The van der Waals surface area contributed by atoms with E-state index in [4.69, 9.17) is 0 Å². The van der Waals surface area contributed by atoms with Gasteiger partial charge in [-0.3, -0.25) is 14.5 Å². The lowest BCUT2D eigenvalue weighted by Gasteiger charge is -2.33. The van der Waals surface area contributed by atoms with Crippen LogP contribution in [0.4, 0.5) is 0 Å². The van der Waals surface area contributed by atoms with Crippen LogP contribution in [0.3, 0.4) is 0 Å². The average molecular weight is 525 g/mol. The fraction of sp³-hybridized carbons (Fsp3) is 0.429. The highest BCUT2D eigenvalue weighted by atomic mass is 32.2. The van der Waals surface area contributed by atoms with Crippen molar-refractivity contribution in [1.82, 2.24) is 19.5 Å². The zero-order valence-electron chi connectivity index (χ0n) is 21.8. The number of benzene rings is 2. The Balaban J connectivity index is 1.55. The van der Waals surface area contributed by atoms with Gasteiger partial charge in [0, 0.05) is 55.7 Å². The van der Waals surface area contributed by atoms with Crippen LogP contribution >= 0.6 is 0 Å². The molecule has 198 valence electrons. The van der Waals surface area contributed by atoms with E-state index in [0.29, 0.717) is 30.5 Å².